The first-order valence-electron chi connectivity index (χ1n) is 6.50. The van der Waals surface area contributed by atoms with Gasteiger partial charge in [0, 0.05) is 19.0 Å². The summed E-state index contributed by atoms with van der Waals surface area (Å²) in [6.07, 6.45) is 1.28. The predicted octanol–water partition coefficient (Wildman–Crippen LogP) is 0.570. The van der Waals surface area contributed by atoms with E-state index in [9.17, 15) is 18.0 Å². The van der Waals surface area contributed by atoms with Crippen LogP contribution in [0.2, 0.25) is 0 Å². The summed E-state index contributed by atoms with van der Waals surface area (Å²) in [6.45, 7) is 4.07. The highest BCUT2D eigenvalue weighted by Gasteiger charge is 2.31. The standard InChI is InChI=1S/C12H21NO5S/c1-3-18-12(15)6-8-19(16,17)13-7-4-5-11(9-13)10(2)14/h11H,3-9H2,1-2H3. The Morgan fingerprint density at radius 2 is 2.05 bits per heavy atom. The summed E-state index contributed by atoms with van der Waals surface area (Å²) in [7, 11) is -3.48. The Morgan fingerprint density at radius 1 is 1.37 bits per heavy atom. The summed E-state index contributed by atoms with van der Waals surface area (Å²) in [5, 5.41) is 0. The van der Waals surface area contributed by atoms with Crippen molar-refractivity contribution in [2.24, 2.45) is 5.92 Å². The van der Waals surface area contributed by atoms with E-state index >= 15 is 0 Å². The fraction of sp³-hybridized carbons (Fsp3) is 0.833. The number of piperidine rings is 1. The number of sulfonamides is 1. The molecular weight excluding hydrogens is 270 g/mol. The summed E-state index contributed by atoms with van der Waals surface area (Å²) in [5.41, 5.74) is 0. The fourth-order valence-electron chi connectivity index (χ4n) is 2.10. The monoisotopic (exact) mass is 291 g/mol. The summed E-state index contributed by atoms with van der Waals surface area (Å²) in [6, 6.07) is 0. The molecule has 0 radical (unpaired) electrons. The van der Waals surface area contributed by atoms with Crippen LogP contribution in [-0.4, -0.2) is 49.9 Å². The minimum Gasteiger partial charge on any atom is -0.466 e. The third kappa shape index (κ3) is 4.91. The van der Waals surface area contributed by atoms with Gasteiger partial charge in [0.05, 0.1) is 18.8 Å². The van der Waals surface area contributed by atoms with Gasteiger partial charge in [-0.3, -0.25) is 9.59 Å². The predicted molar refractivity (Wildman–Crippen MR) is 70.0 cm³/mol. The molecule has 1 atom stereocenters. The van der Waals surface area contributed by atoms with E-state index in [0.717, 1.165) is 6.42 Å². The van der Waals surface area contributed by atoms with Crippen LogP contribution in [0.15, 0.2) is 0 Å². The molecule has 6 nitrogen and oxygen atoms in total. The molecule has 0 aromatic carbocycles. The van der Waals surface area contributed by atoms with Gasteiger partial charge in [0.15, 0.2) is 0 Å². The number of hydrogen-bond donors (Lipinski definition) is 0. The second kappa shape index (κ2) is 7.00. The van der Waals surface area contributed by atoms with E-state index in [-0.39, 0.29) is 37.0 Å². The zero-order chi connectivity index (χ0) is 14.5. The number of hydrogen-bond acceptors (Lipinski definition) is 5. The van der Waals surface area contributed by atoms with Gasteiger partial charge in [0.25, 0.3) is 0 Å². The summed E-state index contributed by atoms with van der Waals surface area (Å²) < 4.78 is 30.2. The maximum absolute atomic E-state index is 12.1. The average Bonchev–Trinajstić information content (AvgIpc) is 2.37. The highest BCUT2D eigenvalue weighted by atomic mass is 32.2. The van der Waals surface area contributed by atoms with Gasteiger partial charge in [-0.15, -0.1) is 0 Å². The number of esters is 1. The van der Waals surface area contributed by atoms with Gasteiger partial charge in [-0.05, 0) is 26.7 Å². The van der Waals surface area contributed by atoms with Crippen molar-refractivity contribution in [1.29, 1.82) is 0 Å². The summed E-state index contributed by atoms with van der Waals surface area (Å²) >= 11 is 0. The second-order valence-electron chi connectivity index (χ2n) is 4.68. The smallest absolute Gasteiger partial charge is 0.306 e. The molecule has 0 amide bonds. The van der Waals surface area contributed by atoms with Crippen LogP contribution < -0.4 is 0 Å². The Balaban J connectivity index is 2.56. The van der Waals surface area contributed by atoms with Crippen LogP contribution in [-0.2, 0) is 24.3 Å². The molecule has 1 unspecified atom stereocenters. The lowest BCUT2D eigenvalue weighted by Crippen LogP contribution is -2.43. The molecule has 1 aliphatic heterocycles. The molecule has 0 N–H and O–H groups in total. The third-order valence-corrected chi connectivity index (χ3v) is 5.06. The molecule has 7 heteroatoms. The minimum atomic E-state index is -3.48. The van der Waals surface area contributed by atoms with Crippen LogP contribution in [0.4, 0.5) is 0 Å². The fourth-order valence-corrected chi connectivity index (χ4v) is 3.60. The van der Waals surface area contributed by atoms with Crippen LogP contribution in [0, 0.1) is 5.92 Å². The lowest BCUT2D eigenvalue weighted by Gasteiger charge is -2.30. The number of rotatable bonds is 6. The van der Waals surface area contributed by atoms with Crippen LogP contribution in [0.5, 0.6) is 0 Å². The van der Waals surface area contributed by atoms with Gasteiger partial charge in [-0.2, -0.15) is 0 Å². The number of nitrogens with zero attached hydrogens (tertiary/aromatic N) is 1. The molecule has 0 aliphatic carbocycles. The largest absolute Gasteiger partial charge is 0.466 e. The van der Waals surface area contributed by atoms with E-state index in [0.29, 0.717) is 13.0 Å². The Morgan fingerprint density at radius 3 is 2.63 bits per heavy atom. The van der Waals surface area contributed by atoms with Crippen molar-refractivity contribution in [2.75, 3.05) is 25.4 Å². The average molecular weight is 291 g/mol. The lowest BCUT2D eigenvalue weighted by atomic mass is 9.96. The van der Waals surface area contributed by atoms with E-state index in [1.807, 2.05) is 0 Å². The molecule has 1 fully saturated rings. The number of carbonyl (C=O) groups is 2. The molecule has 110 valence electrons. The molecule has 0 saturated carbocycles. The van der Waals surface area contributed by atoms with Gasteiger partial charge >= 0.3 is 5.97 Å². The van der Waals surface area contributed by atoms with E-state index < -0.39 is 16.0 Å². The van der Waals surface area contributed by atoms with Crippen molar-refractivity contribution in [2.45, 2.75) is 33.1 Å². The topological polar surface area (TPSA) is 80.8 Å². The SMILES string of the molecule is CCOC(=O)CCS(=O)(=O)N1CCCC(C(C)=O)C1. The quantitative estimate of drug-likeness (QED) is 0.668. The number of carbonyl (C=O) groups excluding carboxylic acids is 2. The number of Topliss-reactive ketones (excluding diaryl/α,β-unsaturated/α-hetero) is 1. The van der Waals surface area contributed by atoms with E-state index in [1.54, 1.807) is 6.92 Å². The Bertz CT molecular complexity index is 431. The molecular formula is C12H21NO5S. The first-order chi connectivity index (χ1) is 8.86. The highest BCUT2D eigenvalue weighted by Crippen LogP contribution is 2.20. The first kappa shape index (κ1) is 16.1. The van der Waals surface area contributed by atoms with Gasteiger partial charge in [-0.25, -0.2) is 12.7 Å². The zero-order valence-corrected chi connectivity index (χ0v) is 12.2. The minimum absolute atomic E-state index is 0.0188. The normalized spacial score (nSPS) is 21.1. The first-order valence-corrected chi connectivity index (χ1v) is 8.11. The van der Waals surface area contributed by atoms with Crippen molar-refractivity contribution >= 4 is 21.8 Å². The lowest BCUT2D eigenvalue weighted by molar-refractivity contribution is -0.142. The van der Waals surface area contributed by atoms with Crippen LogP contribution in [0.25, 0.3) is 0 Å². The van der Waals surface area contributed by atoms with E-state index in [1.165, 1.54) is 11.2 Å². The molecule has 0 spiro atoms. The van der Waals surface area contributed by atoms with Crippen LogP contribution >= 0.6 is 0 Å². The molecule has 1 aliphatic rings. The highest BCUT2D eigenvalue weighted by molar-refractivity contribution is 7.89. The van der Waals surface area contributed by atoms with Crippen molar-refractivity contribution in [3.05, 3.63) is 0 Å². The van der Waals surface area contributed by atoms with Crippen molar-refractivity contribution in [3.63, 3.8) is 0 Å². The molecule has 1 heterocycles. The maximum atomic E-state index is 12.1. The van der Waals surface area contributed by atoms with Crippen molar-refractivity contribution in [3.8, 4) is 0 Å². The van der Waals surface area contributed by atoms with Gasteiger partial charge in [0.2, 0.25) is 10.0 Å². The van der Waals surface area contributed by atoms with Crippen LogP contribution in [0.3, 0.4) is 0 Å². The van der Waals surface area contributed by atoms with Crippen molar-refractivity contribution < 1.29 is 22.7 Å². The molecule has 0 aromatic heterocycles. The second-order valence-corrected chi connectivity index (χ2v) is 6.77. The van der Waals surface area contributed by atoms with Gasteiger partial charge < -0.3 is 4.74 Å². The van der Waals surface area contributed by atoms with E-state index in [2.05, 4.69) is 0 Å². The molecule has 0 aromatic rings. The van der Waals surface area contributed by atoms with Crippen LogP contribution in [0.1, 0.15) is 33.1 Å². The third-order valence-electron chi connectivity index (χ3n) is 3.22. The molecule has 0 bridgehead atoms. The van der Waals surface area contributed by atoms with Gasteiger partial charge in [0.1, 0.15) is 5.78 Å². The summed E-state index contributed by atoms with van der Waals surface area (Å²) in [4.78, 5) is 22.5. The molecule has 1 rings (SSSR count). The number of ketones is 1. The summed E-state index contributed by atoms with van der Waals surface area (Å²) in [5.74, 6) is -0.959. The Kier molecular flexibility index (Phi) is 5.93. The number of ether oxygens (including phenoxy) is 1. The van der Waals surface area contributed by atoms with E-state index in [4.69, 9.17) is 4.74 Å². The molecule has 19 heavy (non-hydrogen) atoms. The van der Waals surface area contributed by atoms with Gasteiger partial charge in [-0.1, -0.05) is 0 Å². The molecule has 1 saturated heterocycles. The maximum Gasteiger partial charge on any atom is 0.306 e. The Hall–Kier alpha value is -0.950. The van der Waals surface area contributed by atoms with Crippen molar-refractivity contribution in [1.82, 2.24) is 4.31 Å². The Labute approximate surface area is 114 Å². The zero-order valence-electron chi connectivity index (χ0n) is 11.4.